The average Bonchev–Trinajstić information content (AvgIpc) is 3.42. The molecule has 2 atom stereocenters. The van der Waals surface area contributed by atoms with Crippen molar-refractivity contribution in [3.05, 3.63) is 52.0 Å². The van der Waals surface area contributed by atoms with Crippen molar-refractivity contribution in [3.8, 4) is 0 Å². The molecule has 0 bridgehead atoms. The number of anilines is 1. The Balaban J connectivity index is 1.08. The predicted molar refractivity (Wildman–Crippen MR) is 138 cm³/mol. The summed E-state index contributed by atoms with van der Waals surface area (Å²) in [6, 6.07) is 4.36. The molecular weight excluding hydrogens is 510 g/mol. The molecule has 0 aliphatic carbocycles. The lowest BCUT2D eigenvalue weighted by atomic mass is 9.98. The van der Waals surface area contributed by atoms with E-state index in [-0.39, 0.29) is 36.8 Å². The first-order valence-corrected chi connectivity index (χ1v) is 13.6. The summed E-state index contributed by atoms with van der Waals surface area (Å²) in [4.78, 5) is 39.3. The highest BCUT2D eigenvalue weighted by Crippen LogP contribution is 2.36. The molecule has 2 saturated heterocycles. The van der Waals surface area contributed by atoms with Crippen molar-refractivity contribution in [2.24, 2.45) is 0 Å². The van der Waals surface area contributed by atoms with E-state index in [2.05, 4.69) is 15.3 Å². The number of quaternary nitrogens is 1. The van der Waals surface area contributed by atoms with Gasteiger partial charge in [-0.2, -0.15) is 5.10 Å². The van der Waals surface area contributed by atoms with E-state index in [0.29, 0.717) is 5.56 Å². The highest BCUT2D eigenvalue weighted by molar-refractivity contribution is 6.02. The normalized spacial score (nSPS) is 24.4. The van der Waals surface area contributed by atoms with E-state index in [1.165, 1.54) is 6.20 Å². The van der Waals surface area contributed by atoms with Gasteiger partial charge in [0.2, 0.25) is 5.91 Å². The van der Waals surface area contributed by atoms with Gasteiger partial charge in [0, 0.05) is 37.7 Å². The largest absolute Gasteiger partial charge is 0.624 e. The molecule has 2 fully saturated rings. The zero-order chi connectivity index (χ0) is 27.7. The highest BCUT2D eigenvalue weighted by Gasteiger charge is 2.49. The third kappa shape index (κ3) is 5.45. The summed E-state index contributed by atoms with van der Waals surface area (Å²) < 4.78 is 26.3. The lowest BCUT2D eigenvalue weighted by Crippen LogP contribution is -2.60. The number of unbranched alkanes of at least 4 members (excludes halogenated alkanes) is 2. The van der Waals surface area contributed by atoms with Crippen molar-refractivity contribution in [3.63, 3.8) is 0 Å². The summed E-state index contributed by atoms with van der Waals surface area (Å²) in [5.41, 5.74) is 7.43. The molecule has 3 aliphatic rings. The summed E-state index contributed by atoms with van der Waals surface area (Å²) in [6.07, 6.45) is 4.26. The third-order valence-electron chi connectivity index (χ3n) is 8.30. The van der Waals surface area contributed by atoms with Crippen LogP contribution in [0.2, 0.25) is 0 Å². The van der Waals surface area contributed by atoms with Gasteiger partial charge in [0.1, 0.15) is 6.54 Å². The second-order valence-corrected chi connectivity index (χ2v) is 10.8. The standard InChI is InChI=1S/C27H34F2N6O4/c28-25(29)24-21(30)15-34(32-24)18-10-13-33(14-11-18)12-3-1-2-5-17-6-4-7-19-20(17)16-35(39,27(19)38)22-8-9-23(36)31-26(22)37/h4,6-7,15,18,22,25H,1-3,5,8-14,16,30H2,(H,31,36,37). The summed E-state index contributed by atoms with van der Waals surface area (Å²) in [7, 11) is 0. The van der Waals surface area contributed by atoms with Gasteiger partial charge in [-0.3, -0.25) is 24.2 Å². The number of likely N-dealkylation sites (tertiary alicyclic amines) is 1. The number of hydrogen-bond acceptors (Lipinski definition) is 7. The first kappa shape index (κ1) is 27.4. The van der Waals surface area contributed by atoms with Crippen LogP contribution in [0, 0.1) is 5.21 Å². The molecule has 3 N–H and O–H groups in total. The number of nitrogens with one attached hydrogen (secondary N) is 1. The lowest BCUT2D eigenvalue weighted by molar-refractivity contribution is -0.825. The molecule has 10 nitrogen and oxygen atoms in total. The Morgan fingerprint density at radius 2 is 1.90 bits per heavy atom. The highest BCUT2D eigenvalue weighted by atomic mass is 19.3. The van der Waals surface area contributed by atoms with Crippen molar-refractivity contribution in [1.29, 1.82) is 0 Å². The van der Waals surface area contributed by atoms with Crippen molar-refractivity contribution in [2.45, 2.75) is 76.4 Å². The van der Waals surface area contributed by atoms with Crippen LogP contribution in [-0.2, 0) is 22.6 Å². The number of nitrogen functional groups attached to an aromatic ring is 1. The number of hydroxylamine groups is 3. The number of carbonyl (C=O) groups is 3. The number of rotatable bonds is 9. The first-order chi connectivity index (χ1) is 18.7. The topological polar surface area (TPSA) is 133 Å². The molecule has 2 aromatic rings. The summed E-state index contributed by atoms with van der Waals surface area (Å²) in [5.74, 6) is -1.68. The number of halogens is 2. The minimum absolute atomic E-state index is 0.0386. The van der Waals surface area contributed by atoms with Gasteiger partial charge in [0.25, 0.3) is 12.3 Å². The first-order valence-electron chi connectivity index (χ1n) is 13.6. The molecule has 5 rings (SSSR count). The summed E-state index contributed by atoms with van der Waals surface area (Å²) >= 11 is 0. The van der Waals surface area contributed by atoms with Crippen LogP contribution in [0.1, 0.15) is 84.6 Å². The Bertz CT molecular complexity index is 1260. The molecule has 12 heteroatoms. The molecular formula is C27H34F2N6O4. The molecule has 3 aliphatic heterocycles. The summed E-state index contributed by atoms with van der Waals surface area (Å²) in [6.45, 7) is 2.60. The molecule has 210 valence electrons. The second-order valence-electron chi connectivity index (χ2n) is 10.8. The van der Waals surface area contributed by atoms with E-state index in [9.17, 15) is 28.4 Å². The predicted octanol–water partition coefficient (Wildman–Crippen LogP) is 3.23. The maximum absolute atomic E-state index is 13.6. The number of aromatic nitrogens is 2. The van der Waals surface area contributed by atoms with E-state index in [1.807, 2.05) is 6.07 Å². The zero-order valence-electron chi connectivity index (χ0n) is 21.8. The SMILES string of the molecule is Nc1cn(C2CCN(CCCCCc3cccc4c3C[N+]([O-])(C3CCC(=O)NC3=O)C4=O)CC2)nc1C(F)F. The number of nitrogens with zero attached hydrogens (tertiary/aromatic N) is 4. The molecule has 4 heterocycles. The van der Waals surface area contributed by atoms with E-state index in [4.69, 9.17) is 5.73 Å². The van der Waals surface area contributed by atoms with Crippen molar-refractivity contribution in [2.75, 3.05) is 25.4 Å². The Morgan fingerprint density at radius 3 is 2.59 bits per heavy atom. The van der Waals surface area contributed by atoms with Gasteiger partial charge in [-0.05, 0) is 50.3 Å². The molecule has 39 heavy (non-hydrogen) atoms. The number of piperidine rings is 2. The van der Waals surface area contributed by atoms with Gasteiger partial charge in [-0.25, -0.2) is 13.6 Å². The van der Waals surface area contributed by atoms with Gasteiger partial charge < -0.3 is 15.8 Å². The Hall–Kier alpha value is -3.22. The Labute approximate surface area is 225 Å². The number of fused-ring (bicyclic) bond motifs is 1. The van der Waals surface area contributed by atoms with Gasteiger partial charge in [0.05, 0.1) is 17.3 Å². The number of carbonyl (C=O) groups excluding carboxylic acids is 3. The monoisotopic (exact) mass is 544 g/mol. The van der Waals surface area contributed by atoms with Crippen LogP contribution in [0.3, 0.4) is 0 Å². The minimum Gasteiger partial charge on any atom is -0.624 e. The fraction of sp³-hybridized carbons (Fsp3) is 0.556. The van der Waals surface area contributed by atoms with E-state index < -0.39 is 34.8 Å². The number of aryl methyl sites for hydroxylation is 1. The number of nitrogens with two attached hydrogens (primary N) is 1. The number of hydrogen-bond donors (Lipinski definition) is 2. The average molecular weight is 545 g/mol. The van der Waals surface area contributed by atoms with Crippen molar-refractivity contribution < 1.29 is 27.8 Å². The van der Waals surface area contributed by atoms with E-state index in [0.717, 1.165) is 69.3 Å². The quantitative estimate of drug-likeness (QED) is 0.214. The van der Waals surface area contributed by atoms with Crippen LogP contribution in [-0.4, -0.2) is 62.7 Å². The maximum Gasteiger partial charge on any atom is 0.347 e. The van der Waals surface area contributed by atoms with Crippen LogP contribution in [0.15, 0.2) is 24.4 Å². The maximum atomic E-state index is 13.6. The lowest BCUT2D eigenvalue weighted by Gasteiger charge is -2.42. The molecule has 0 radical (unpaired) electrons. The number of amides is 3. The van der Waals surface area contributed by atoms with Crippen LogP contribution < -0.4 is 11.1 Å². The fourth-order valence-electron chi connectivity index (χ4n) is 6.11. The van der Waals surface area contributed by atoms with Crippen LogP contribution >= 0.6 is 0 Å². The van der Waals surface area contributed by atoms with Gasteiger partial charge in [-0.15, -0.1) is 0 Å². The fourth-order valence-corrected chi connectivity index (χ4v) is 6.11. The molecule has 1 aromatic heterocycles. The second kappa shape index (κ2) is 11.1. The number of alkyl halides is 2. The van der Waals surface area contributed by atoms with Crippen molar-refractivity contribution >= 4 is 23.4 Å². The molecule has 3 amide bonds. The Morgan fingerprint density at radius 1 is 1.13 bits per heavy atom. The van der Waals surface area contributed by atoms with E-state index >= 15 is 0 Å². The Kier molecular flexibility index (Phi) is 7.79. The van der Waals surface area contributed by atoms with Crippen LogP contribution in [0.25, 0.3) is 0 Å². The van der Waals surface area contributed by atoms with Gasteiger partial charge >= 0.3 is 5.91 Å². The molecule has 1 aromatic carbocycles. The smallest absolute Gasteiger partial charge is 0.347 e. The molecule has 2 unspecified atom stereocenters. The molecule has 0 saturated carbocycles. The third-order valence-corrected chi connectivity index (χ3v) is 8.30. The summed E-state index contributed by atoms with van der Waals surface area (Å²) in [5, 5.41) is 19.8. The van der Waals surface area contributed by atoms with Gasteiger partial charge in [0.15, 0.2) is 11.7 Å². The van der Waals surface area contributed by atoms with E-state index in [1.54, 1.807) is 16.8 Å². The molecule has 0 spiro atoms. The number of imide groups is 1. The number of benzene rings is 1. The van der Waals surface area contributed by atoms with Crippen molar-refractivity contribution in [1.82, 2.24) is 20.0 Å². The minimum atomic E-state index is -2.67. The van der Waals surface area contributed by atoms with Crippen LogP contribution in [0.4, 0.5) is 14.5 Å². The van der Waals surface area contributed by atoms with Crippen LogP contribution in [0.5, 0.6) is 0 Å². The van der Waals surface area contributed by atoms with Gasteiger partial charge in [-0.1, -0.05) is 18.6 Å². The zero-order valence-corrected chi connectivity index (χ0v) is 21.8.